The maximum atomic E-state index is 13.5. The Balaban J connectivity index is 2.40. The van der Waals surface area contributed by atoms with Gasteiger partial charge in [0.25, 0.3) is 10.0 Å². The molecule has 0 aliphatic carbocycles. The third-order valence-electron chi connectivity index (χ3n) is 3.07. The Labute approximate surface area is 132 Å². The number of carbonyl (C=O) groups excluding carboxylic acids is 1. The van der Waals surface area contributed by atoms with Crippen LogP contribution in [0.25, 0.3) is 0 Å². The first-order valence-corrected chi connectivity index (χ1v) is 8.25. The molecule has 0 amide bonds. The molecule has 0 unspecified atom stereocenters. The fraction of sp³-hybridized carbons (Fsp3) is 0.286. The van der Waals surface area contributed by atoms with Gasteiger partial charge in [0, 0.05) is 5.69 Å². The van der Waals surface area contributed by atoms with Crippen LogP contribution in [0.5, 0.6) is 0 Å². The number of ether oxygens (including phenoxy) is 1. The number of H-pyrrole nitrogens is 1. The molecule has 1 aromatic heterocycles. The van der Waals surface area contributed by atoms with Gasteiger partial charge in [-0.3, -0.25) is 9.82 Å². The third kappa shape index (κ3) is 3.50. The highest BCUT2D eigenvalue weighted by Gasteiger charge is 2.29. The lowest BCUT2D eigenvalue weighted by atomic mass is 10.2. The second-order valence-electron chi connectivity index (χ2n) is 4.82. The van der Waals surface area contributed by atoms with Gasteiger partial charge in [0.15, 0.2) is 0 Å². The highest BCUT2D eigenvalue weighted by Crippen LogP contribution is 2.22. The zero-order valence-electron chi connectivity index (χ0n) is 12.8. The van der Waals surface area contributed by atoms with Crippen molar-refractivity contribution in [3.63, 3.8) is 0 Å². The van der Waals surface area contributed by atoms with Gasteiger partial charge < -0.3 is 4.74 Å². The summed E-state index contributed by atoms with van der Waals surface area (Å²) in [6.45, 7) is 4.77. The van der Waals surface area contributed by atoms with E-state index in [0.717, 1.165) is 6.07 Å². The van der Waals surface area contributed by atoms with E-state index in [9.17, 15) is 17.6 Å². The van der Waals surface area contributed by atoms with E-state index in [2.05, 4.69) is 14.9 Å². The van der Waals surface area contributed by atoms with E-state index >= 15 is 0 Å². The van der Waals surface area contributed by atoms with Crippen molar-refractivity contribution in [3.8, 4) is 0 Å². The summed E-state index contributed by atoms with van der Waals surface area (Å²) < 4.78 is 45.4. The van der Waals surface area contributed by atoms with E-state index in [1.54, 1.807) is 13.8 Å². The van der Waals surface area contributed by atoms with Gasteiger partial charge in [0.1, 0.15) is 11.4 Å². The number of rotatable bonds is 5. The quantitative estimate of drug-likeness (QED) is 0.812. The standard InChI is InChI=1S/C14H16FN3O4S/c1-4-22-14(19)12-9(3)16-17-13(12)23(20,21)18-10-6-5-8(2)11(15)7-10/h5-7,18H,4H2,1-3H3,(H,16,17). The molecular formula is C14H16FN3O4S. The summed E-state index contributed by atoms with van der Waals surface area (Å²) in [5.74, 6) is -1.34. The molecule has 0 saturated carbocycles. The maximum Gasteiger partial charge on any atom is 0.343 e. The Morgan fingerprint density at radius 3 is 2.70 bits per heavy atom. The van der Waals surface area contributed by atoms with Crippen molar-refractivity contribution in [1.29, 1.82) is 0 Å². The maximum absolute atomic E-state index is 13.5. The van der Waals surface area contributed by atoms with Crippen molar-refractivity contribution in [2.45, 2.75) is 25.8 Å². The van der Waals surface area contributed by atoms with Gasteiger partial charge in [0.2, 0.25) is 5.03 Å². The molecule has 0 fully saturated rings. The first-order valence-electron chi connectivity index (χ1n) is 6.77. The number of anilines is 1. The van der Waals surface area contributed by atoms with Crippen molar-refractivity contribution < 1.29 is 22.3 Å². The van der Waals surface area contributed by atoms with E-state index in [0.29, 0.717) is 5.56 Å². The molecule has 2 N–H and O–H groups in total. The lowest BCUT2D eigenvalue weighted by molar-refractivity contribution is 0.0521. The Morgan fingerprint density at radius 2 is 2.09 bits per heavy atom. The number of nitrogens with zero attached hydrogens (tertiary/aromatic N) is 1. The minimum atomic E-state index is -4.18. The zero-order chi connectivity index (χ0) is 17.2. The van der Waals surface area contributed by atoms with Crippen molar-refractivity contribution in [2.75, 3.05) is 11.3 Å². The van der Waals surface area contributed by atoms with Gasteiger partial charge in [-0.1, -0.05) is 6.07 Å². The average molecular weight is 341 g/mol. The molecule has 1 aromatic carbocycles. The van der Waals surface area contributed by atoms with E-state index in [1.165, 1.54) is 19.1 Å². The first-order chi connectivity index (χ1) is 10.8. The van der Waals surface area contributed by atoms with Crippen LogP contribution in [-0.4, -0.2) is 31.2 Å². The number of carbonyl (C=O) groups is 1. The van der Waals surface area contributed by atoms with Crippen molar-refractivity contribution in [1.82, 2.24) is 10.2 Å². The Kier molecular flexibility index (Phi) is 4.69. The lowest BCUT2D eigenvalue weighted by Crippen LogP contribution is -2.18. The normalized spacial score (nSPS) is 11.3. The predicted octanol–water partition coefficient (Wildman–Crippen LogP) is 2.14. The van der Waals surface area contributed by atoms with Crippen LogP contribution in [0.2, 0.25) is 0 Å². The smallest absolute Gasteiger partial charge is 0.343 e. The van der Waals surface area contributed by atoms with Gasteiger partial charge in [-0.15, -0.1) is 0 Å². The van der Waals surface area contributed by atoms with Crippen LogP contribution in [0.15, 0.2) is 23.2 Å². The fourth-order valence-corrected chi connectivity index (χ4v) is 3.11. The number of aromatic amines is 1. The fourth-order valence-electron chi connectivity index (χ4n) is 1.90. The number of halogens is 1. The number of nitrogens with one attached hydrogen (secondary N) is 2. The topological polar surface area (TPSA) is 101 Å². The number of esters is 1. The molecule has 23 heavy (non-hydrogen) atoms. The monoisotopic (exact) mass is 341 g/mol. The predicted molar refractivity (Wildman–Crippen MR) is 81.2 cm³/mol. The van der Waals surface area contributed by atoms with E-state index in [-0.39, 0.29) is 23.6 Å². The summed E-state index contributed by atoms with van der Waals surface area (Å²) in [4.78, 5) is 11.9. The molecule has 2 aromatic rings. The van der Waals surface area contributed by atoms with Gasteiger partial charge in [-0.2, -0.15) is 13.5 Å². The van der Waals surface area contributed by atoms with Gasteiger partial charge in [-0.25, -0.2) is 9.18 Å². The summed E-state index contributed by atoms with van der Waals surface area (Å²) >= 11 is 0. The highest BCUT2D eigenvalue weighted by molar-refractivity contribution is 7.92. The molecule has 0 bridgehead atoms. The van der Waals surface area contributed by atoms with Crippen LogP contribution >= 0.6 is 0 Å². The summed E-state index contributed by atoms with van der Waals surface area (Å²) in [6.07, 6.45) is 0. The number of hydrogen-bond donors (Lipinski definition) is 2. The summed E-state index contributed by atoms with van der Waals surface area (Å²) in [7, 11) is -4.18. The molecule has 0 atom stereocenters. The van der Waals surface area contributed by atoms with Crippen LogP contribution in [0.1, 0.15) is 28.5 Å². The summed E-state index contributed by atoms with van der Waals surface area (Å²) in [5, 5.41) is 5.61. The minimum Gasteiger partial charge on any atom is -0.462 e. The van der Waals surface area contributed by atoms with Crippen molar-refractivity contribution >= 4 is 21.7 Å². The van der Waals surface area contributed by atoms with Crippen molar-refractivity contribution in [2.24, 2.45) is 0 Å². The van der Waals surface area contributed by atoms with Crippen LogP contribution in [-0.2, 0) is 14.8 Å². The van der Waals surface area contributed by atoms with Gasteiger partial charge in [-0.05, 0) is 38.5 Å². The second-order valence-corrected chi connectivity index (χ2v) is 6.42. The van der Waals surface area contributed by atoms with Crippen LogP contribution in [0, 0.1) is 19.7 Å². The number of hydrogen-bond acceptors (Lipinski definition) is 5. The Bertz CT molecular complexity index is 846. The molecule has 0 saturated heterocycles. The van der Waals surface area contributed by atoms with E-state index in [4.69, 9.17) is 4.74 Å². The van der Waals surface area contributed by atoms with Gasteiger partial charge >= 0.3 is 5.97 Å². The number of sulfonamides is 1. The van der Waals surface area contributed by atoms with Crippen LogP contribution < -0.4 is 4.72 Å². The summed E-state index contributed by atoms with van der Waals surface area (Å²) in [5.41, 5.74) is 0.505. The molecule has 0 aliphatic rings. The summed E-state index contributed by atoms with van der Waals surface area (Å²) in [6, 6.07) is 3.91. The SMILES string of the molecule is CCOC(=O)c1c(S(=O)(=O)Nc2ccc(C)c(F)c2)n[nH]c1C. The second kappa shape index (κ2) is 6.37. The average Bonchev–Trinajstić information content (AvgIpc) is 2.85. The molecule has 0 spiro atoms. The zero-order valence-corrected chi connectivity index (χ0v) is 13.6. The highest BCUT2D eigenvalue weighted by atomic mass is 32.2. The number of benzene rings is 1. The van der Waals surface area contributed by atoms with Crippen LogP contribution in [0.3, 0.4) is 0 Å². The van der Waals surface area contributed by atoms with Crippen LogP contribution in [0.4, 0.5) is 10.1 Å². The van der Waals surface area contributed by atoms with Crippen molar-refractivity contribution in [3.05, 3.63) is 40.8 Å². The number of aromatic nitrogens is 2. The molecule has 0 radical (unpaired) electrons. The van der Waals surface area contributed by atoms with Gasteiger partial charge in [0.05, 0.1) is 12.3 Å². The van der Waals surface area contributed by atoms with E-state index in [1.807, 2.05) is 0 Å². The van der Waals surface area contributed by atoms with E-state index < -0.39 is 26.8 Å². The Hall–Kier alpha value is -2.42. The molecule has 2 rings (SSSR count). The lowest BCUT2D eigenvalue weighted by Gasteiger charge is -2.08. The minimum absolute atomic E-state index is 0.0311. The first kappa shape index (κ1) is 16.9. The largest absolute Gasteiger partial charge is 0.462 e. The number of aryl methyl sites for hydroxylation is 2. The molecule has 9 heteroatoms. The third-order valence-corrected chi connectivity index (χ3v) is 4.38. The molecule has 1 heterocycles. The molecular weight excluding hydrogens is 325 g/mol. The Morgan fingerprint density at radius 1 is 1.39 bits per heavy atom. The molecule has 124 valence electrons. The molecule has 0 aliphatic heterocycles. The molecule has 7 nitrogen and oxygen atoms in total.